The Bertz CT molecular complexity index is 706. The smallest absolute Gasteiger partial charge is 0.306 e. The first kappa shape index (κ1) is 45.4. The molecule has 0 amide bonds. The second-order valence-electron chi connectivity index (χ2n) is 14.4. The molecule has 0 radical (unpaired) electrons. The van der Waals surface area contributed by atoms with Crippen LogP contribution in [0.4, 0.5) is 0 Å². The first-order valence-electron chi connectivity index (χ1n) is 20.4. The SMILES string of the molecule is CCCCCCCCCC(=O)OC[C@H](COC(=O)CCCCCCCCCCCCCCCCC(C)C)OC(=O)CCCCCCC. The zero-order valence-electron chi connectivity index (χ0n) is 31.7. The molecule has 1 atom stereocenters. The molecule has 0 heterocycles. The second kappa shape index (κ2) is 35.7. The summed E-state index contributed by atoms with van der Waals surface area (Å²) in [6.07, 6.45) is 32.7. The first-order chi connectivity index (χ1) is 22.9. The fraction of sp³-hybridized carbons (Fsp3) is 0.927. The highest BCUT2D eigenvalue weighted by molar-refractivity contribution is 5.71. The lowest BCUT2D eigenvalue weighted by Crippen LogP contribution is -2.30. The summed E-state index contributed by atoms with van der Waals surface area (Å²) in [5.41, 5.74) is 0. The minimum atomic E-state index is -0.755. The molecule has 0 bridgehead atoms. The Morgan fingerprint density at radius 2 is 0.702 bits per heavy atom. The molecular formula is C41H78O6. The Balaban J connectivity index is 4.08. The van der Waals surface area contributed by atoms with Crippen molar-refractivity contribution in [3.05, 3.63) is 0 Å². The normalized spacial score (nSPS) is 11.9. The third-order valence-corrected chi connectivity index (χ3v) is 9.04. The summed E-state index contributed by atoms with van der Waals surface area (Å²) >= 11 is 0. The monoisotopic (exact) mass is 667 g/mol. The van der Waals surface area contributed by atoms with E-state index < -0.39 is 6.10 Å². The highest BCUT2D eigenvalue weighted by Crippen LogP contribution is 2.16. The van der Waals surface area contributed by atoms with E-state index in [2.05, 4.69) is 27.7 Å². The molecule has 0 fully saturated rings. The summed E-state index contributed by atoms with van der Waals surface area (Å²) in [5, 5.41) is 0. The number of hydrogen-bond donors (Lipinski definition) is 0. The number of carbonyl (C=O) groups is 3. The highest BCUT2D eigenvalue weighted by Gasteiger charge is 2.19. The van der Waals surface area contributed by atoms with Crippen LogP contribution in [-0.2, 0) is 28.6 Å². The van der Waals surface area contributed by atoms with Gasteiger partial charge >= 0.3 is 17.9 Å². The number of unbranched alkanes of at least 4 members (excludes halogenated alkanes) is 23. The number of ether oxygens (including phenoxy) is 3. The predicted molar refractivity (Wildman–Crippen MR) is 196 cm³/mol. The summed E-state index contributed by atoms with van der Waals surface area (Å²) in [7, 11) is 0. The maximum atomic E-state index is 12.4. The molecule has 0 saturated carbocycles. The van der Waals surface area contributed by atoms with Crippen molar-refractivity contribution in [1.29, 1.82) is 0 Å². The standard InChI is InChI=1S/C41H78O6/c1-5-7-9-11-20-25-28-32-39(42)45-35-38(47-41(44)34-30-23-10-8-6-2)36-46-40(43)33-29-26-22-19-17-15-13-12-14-16-18-21-24-27-31-37(3)4/h37-38H,5-36H2,1-4H3/t38-/m1/s1. The van der Waals surface area contributed by atoms with Gasteiger partial charge in [0, 0.05) is 19.3 Å². The molecule has 0 unspecified atom stereocenters. The summed E-state index contributed by atoms with van der Waals surface area (Å²) in [4.78, 5) is 37.1. The van der Waals surface area contributed by atoms with E-state index in [0.717, 1.165) is 70.1 Å². The van der Waals surface area contributed by atoms with Crippen molar-refractivity contribution in [2.45, 2.75) is 226 Å². The van der Waals surface area contributed by atoms with Gasteiger partial charge in [-0.05, 0) is 25.2 Å². The fourth-order valence-corrected chi connectivity index (χ4v) is 5.92. The van der Waals surface area contributed by atoms with Gasteiger partial charge in [-0.15, -0.1) is 0 Å². The van der Waals surface area contributed by atoms with Gasteiger partial charge < -0.3 is 14.2 Å². The molecule has 0 aromatic rings. The summed E-state index contributed by atoms with van der Waals surface area (Å²) in [6.45, 7) is 8.86. The third kappa shape index (κ3) is 35.5. The number of carbonyl (C=O) groups excluding carboxylic acids is 3. The van der Waals surface area contributed by atoms with Crippen LogP contribution >= 0.6 is 0 Å². The van der Waals surface area contributed by atoms with Gasteiger partial charge in [-0.1, -0.05) is 182 Å². The van der Waals surface area contributed by atoms with Crippen molar-refractivity contribution in [1.82, 2.24) is 0 Å². The van der Waals surface area contributed by atoms with Gasteiger partial charge in [-0.2, -0.15) is 0 Å². The van der Waals surface area contributed by atoms with E-state index in [4.69, 9.17) is 14.2 Å². The van der Waals surface area contributed by atoms with Crippen molar-refractivity contribution in [3.8, 4) is 0 Å². The van der Waals surface area contributed by atoms with Crippen molar-refractivity contribution in [3.63, 3.8) is 0 Å². The minimum absolute atomic E-state index is 0.0662. The maximum absolute atomic E-state index is 12.4. The van der Waals surface area contributed by atoms with Crippen LogP contribution < -0.4 is 0 Å². The lowest BCUT2D eigenvalue weighted by atomic mass is 10.0. The quantitative estimate of drug-likeness (QED) is 0.0376. The van der Waals surface area contributed by atoms with Crippen molar-refractivity contribution >= 4 is 17.9 Å². The van der Waals surface area contributed by atoms with E-state index in [1.807, 2.05) is 0 Å². The topological polar surface area (TPSA) is 78.9 Å². The molecule has 47 heavy (non-hydrogen) atoms. The van der Waals surface area contributed by atoms with Gasteiger partial charge in [-0.25, -0.2) is 0 Å². The Morgan fingerprint density at radius 1 is 0.404 bits per heavy atom. The van der Waals surface area contributed by atoms with Crippen LogP contribution in [0.1, 0.15) is 220 Å². The van der Waals surface area contributed by atoms with Gasteiger partial charge in [0.15, 0.2) is 6.10 Å². The van der Waals surface area contributed by atoms with Gasteiger partial charge in [0.1, 0.15) is 13.2 Å². The molecule has 0 spiro atoms. The highest BCUT2D eigenvalue weighted by atomic mass is 16.6. The fourth-order valence-electron chi connectivity index (χ4n) is 5.92. The van der Waals surface area contributed by atoms with Gasteiger partial charge in [-0.3, -0.25) is 14.4 Å². The van der Waals surface area contributed by atoms with E-state index in [1.54, 1.807) is 0 Å². The summed E-state index contributed by atoms with van der Waals surface area (Å²) in [5.74, 6) is -0.0375. The summed E-state index contributed by atoms with van der Waals surface area (Å²) < 4.78 is 16.5. The number of esters is 3. The van der Waals surface area contributed by atoms with Crippen LogP contribution in [0.15, 0.2) is 0 Å². The van der Waals surface area contributed by atoms with Crippen LogP contribution in [0.25, 0.3) is 0 Å². The zero-order valence-corrected chi connectivity index (χ0v) is 31.7. The van der Waals surface area contributed by atoms with E-state index in [-0.39, 0.29) is 31.1 Å². The van der Waals surface area contributed by atoms with Crippen LogP contribution in [0, 0.1) is 5.92 Å². The van der Waals surface area contributed by atoms with E-state index in [1.165, 1.54) is 109 Å². The molecule has 0 aliphatic carbocycles. The molecule has 0 aromatic carbocycles. The minimum Gasteiger partial charge on any atom is -0.462 e. The van der Waals surface area contributed by atoms with Crippen molar-refractivity contribution < 1.29 is 28.6 Å². The molecule has 0 saturated heterocycles. The van der Waals surface area contributed by atoms with Crippen molar-refractivity contribution in [2.75, 3.05) is 13.2 Å². The number of hydrogen-bond acceptors (Lipinski definition) is 6. The number of rotatable bonds is 36. The van der Waals surface area contributed by atoms with Gasteiger partial charge in [0.05, 0.1) is 0 Å². The van der Waals surface area contributed by atoms with E-state index in [9.17, 15) is 14.4 Å². The zero-order chi connectivity index (χ0) is 34.6. The van der Waals surface area contributed by atoms with E-state index in [0.29, 0.717) is 19.3 Å². The van der Waals surface area contributed by atoms with Crippen LogP contribution in [-0.4, -0.2) is 37.2 Å². The molecule has 0 rings (SSSR count). The first-order valence-corrected chi connectivity index (χ1v) is 20.4. The van der Waals surface area contributed by atoms with Crippen LogP contribution in [0.3, 0.4) is 0 Å². The van der Waals surface area contributed by atoms with Gasteiger partial charge in [0.25, 0.3) is 0 Å². The average Bonchev–Trinajstić information content (AvgIpc) is 3.05. The van der Waals surface area contributed by atoms with Gasteiger partial charge in [0.2, 0.25) is 0 Å². The molecule has 0 N–H and O–H groups in total. The van der Waals surface area contributed by atoms with Crippen molar-refractivity contribution in [2.24, 2.45) is 5.92 Å². The Kier molecular flexibility index (Phi) is 34.5. The Morgan fingerprint density at radius 3 is 1.04 bits per heavy atom. The maximum Gasteiger partial charge on any atom is 0.306 e. The lowest BCUT2D eigenvalue weighted by molar-refractivity contribution is -0.167. The lowest BCUT2D eigenvalue weighted by Gasteiger charge is -2.18. The Hall–Kier alpha value is -1.59. The molecule has 0 aromatic heterocycles. The predicted octanol–water partition coefficient (Wildman–Crippen LogP) is 12.4. The largest absolute Gasteiger partial charge is 0.462 e. The third-order valence-electron chi connectivity index (χ3n) is 9.04. The molecule has 6 nitrogen and oxygen atoms in total. The van der Waals surface area contributed by atoms with Crippen LogP contribution in [0.5, 0.6) is 0 Å². The molecule has 0 aliphatic heterocycles. The molecule has 278 valence electrons. The second-order valence-corrected chi connectivity index (χ2v) is 14.4. The van der Waals surface area contributed by atoms with E-state index >= 15 is 0 Å². The average molecular weight is 667 g/mol. The Labute approximate surface area is 291 Å². The molecule has 0 aliphatic rings. The van der Waals surface area contributed by atoms with Crippen LogP contribution in [0.2, 0.25) is 0 Å². The molecule has 6 heteroatoms. The molecular weight excluding hydrogens is 588 g/mol. The summed E-state index contributed by atoms with van der Waals surface area (Å²) in [6, 6.07) is 0.